The minimum absolute atomic E-state index is 0.484. The molecule has 0 unspecified atom stereocenters. The van der Waals surface area contributed by atoms with Gasteiger partial charge in [0.05, 0.1) is 5.69 Å². The van der Waals surface area contributed by atoms with E-state index in [2.05, 4.69) is 67.5 Å². The van der Waals surface area contributed by atoms with Gasteiger partial charge in [0.25, 0.3) is 0 Å². The first kappa shape index (κ1) is 12.8. The van der Waals surface area contributed by atoms with Crippen LogP contribution in [0.3, 0.4) is 0 Å². The van der Waals surface area contributed by atoms with Gasteiger partial charge in [0.1, 0.15) is 0 Å². The molecule has 0 saturated carbocycles. The average molecular weight is 243 g/mol. The van der Waals surface area contributed by atoms with Crippen LogP contribution in [0.2, 0.25) is 0 Å². The van der Waals surface area contributed by atoms with Crippen molar-refractivity contribution in [2.45, 2.75) is 40.3 Å². The van der Waals surface area contributed by atoms with E-state index < -0.39 is 0 Å². The number of aryl methyl sites for hydroxylation is 2. The monoisotopic (exact) mass is 243 g/mol. The van der Waals surface area contributed by atoms with Gasteiger partial charge in [-0.2, -0.15) is 5.10 Å². The van der Waals surface area contributed by atoms with Gasteiger partial charge in [0, 0.05) is 23.8 Å². The summed E-state index contributed by atoms with van der Waals surface area (Å²) in [4.78, 5) is 0. The second-order valence-electron chi connectivity index (χ2n) is 5.19. The van der Waals surface area contributed by atoms with Crippen LogP contribution in [0.4, 0.5) is 0 Å². The molecule has 0 radical (unpaired) electrons. The molecule has 0 bridgehead atoms. The molecule has 1 aromatic carbocycles. The number of nitrogens with zero attached hydrogens (tertiary/aromatic N) is 1. The summed E-state index contributed by atoms with van der Waals surface area (Å²) in [5.41, 5.74) is 5.87. The van der Waals surface area contributed by atoms with Crippen molar-refractivity contribution in [2.75, 3.05) is 0 Å². The number of H-pyrrole nitrogens is 1. The van der Waals surface area contributed by atoms with E-state index in [-0.39, 0.29) is 0 Å². The van der Waals surface area contributed by atoms with E-state index in [1.165, 1.54) is 16.7 Å². The Labute approximate surface area is 109 Å². The van der Waals surface area contributed by atoms with Crippen LogP contribution in [0.15, 0.2) is 24.3 Å². The number of benzene rings is 1. The molecule has 96 valence electrons. The zero-order chi connectivity index (χ0) is 13.1. The van der Waals surface area contributed by atoms with Gasteiger partial charge in [0.15, 0.2) is 0 Å². The van der Waals surface area contributed by atoms with Gasteiger partial charge in [-0.15, -0.1) is 0 Å². The lowest BCUT2D eigenvalue weighted by Gasteiger charge is -2.05. The van der Waals surface area contributed by atoms with Crippen molar-refractivity contribution in [3.63, 3.8) is 0 Å². The van der Waals surface area contributed by atoms with Crippen molar-refractivity contribution in [2.24, 2.45) is 0 Å². The fourth-order valence-corrected chi connectivity index (χ4v) is 2.04. The highest BCUT2D eigenvalue weighted by Gasteiger charge is 2.05. The first-order chi connectivity index (χ1) is 8.54. The number of nitrogens with one attached hydrogen (secondary N) is 2. The van der Waals surface area contributed by atoms with Gasteiger partial charge in [-0.1, -0.05) is 31.0 Å². The van der Waals surface area contributed by atoms with Crippen LogP contribution in [-0.4, -0.2) is 16.2 Å². The molecule has 2 aromatic rings. The smallest absolute Gasteiger partial charge is 0.0924 e. The van der Waals surface area contributed by atoms with Crippen molar-refractivity contribution < 1.29 is 0 Å². The van der Waals surface area contributed by atoms with Gasteiger partial charge >= 0.3 is 0 Å². The molecule has 0 fully saturated rings. The Bertz CT molecular complexity index is 506. The van der Waals surface area contributed by atoms with Gasteiger partial charge in [-0.25, -0.2) is 0 Å². The number of hydrogen-bond acceptors (Lipinski definition) is 2. The first-order valence-corrected chi connectivity index (χ1v) is 6.41. The SMILES string of the molecule is Cc1cc(C)cc(-c2cc(CNC(C)C)[nH]n2)c1. The third kappa shape index (κ3) is 3.20. The minimum Gasteiger partial charge on any atom is -0.309 e. The van der Waals surface area contributed by atoms with Crippen LogP contribution in [0, 0.1) is 13.8 Å². The summed E-state index contributed by atoms with van der Waals surface area (Å²) in [6, 6.07) is 9.12. The molecule has 0 aliphatic carbocycles. The van der Waals surface area contributed by atoms with Crippen molar-refractivity contribution in [1.29, 1.82) is 0 Å². The van der Waals surface area contributed by atoms with Gasteiger partial charge in [0.2, 0.25) is 0 Å². The number of rotatable bonds is 4. The summed E-state index contributed by atoms with van der Waals surface area (Å²) in [6.07, 6.45) is 0. The third-order valence-corrected chi connectivity index (χ3v) is 2.85. The van der Waals surface area contributed by atoms with E-state index >= 15 is 0 Å². The lowest BCUT2D eigenvalue weighted by Crippen LogP contribution is -2.21. The fraction of sp³-hybridized carbons (Fsp3) is 0.400. The van der Waals surface area contributed by atoms with Crippen molar-refractivity contribution in [3.8, 4) is 11.3 Å². The third-order valence-electron chi connectivity index (χ3n) is 2.85. The molecule has 3 nitrogen and oxygen atoms in total. The van der Waals surface area contributed by atoms with Crippen LogP contribution in [0.5, 0.6) is 0 Å². The molecule has 0 saturated heterocycles. The number of aromatic nitrogens is 2. The summed E-state index contributed by atoms with van der Waals surface area (Å²) in [7, 11) is 0. The molecule has 2 N–H and O–H groups in total. The Morgan fingerprint density at radius 1 is 1.11 bits per heavy atom. The zero-order valence-electron chi connectivity index (χ0n) is 11.5. The van der Waals surface area contributed by atoms with E-state index in [0.717, 1.165) is 17.9 Å². The van der Waals surface area contributed by atoms with E-state index in [1.54, 1.807) is 0 Å². The molecular formula is C15H21N3. The molecule has 3 heteroatoms. The molecule has 0 amide bonds. The summed E-state index contributed by atoms with van der Waals surface area (Å²) < 4.78 is 0. The largest absolute Gasteiger partial charge is 0.309 e. The molecular weight excluding hydrogens is 222 g/mol. The predicted octanol–water partition coefficient (Wildman–Crippen LogP) is 3.19. The summed E-state index contributed by atoms with van der Waals surface area (Å²) in [5.74, 6) is 0. The predicted molar refractivity (Wildman–Crippen MR) is 75.5 cm³/mol. The highest BCUT2D eigenvalue weighted by molar-refractivity contribution is 5.61. The lowest BCUT2D eigenvalue weighted by atomic mass is 10.1. The summed E-state index contributed by atoms with van der Waals surface area (Å²) in [6.45, 7) is 9.34. The molecule has 0 aliphatic rings. The Morgan fingerprint density at radius 3 is 2.39 bits per heavy atom. The number of aromatic amines is 1. The Morgan fingerprint density at radius 2 is 1.78 bits per heavy atom. The zero-order valence-corrected chi connectivity index (χ0v) is 11.5. The molecule has 0 aliphatic heterocycles. The number of hydrogen-bond donors (Lipinski definition) is 2. The molecule has 18 heavy (non-hydrogen) atoms. The van der Waals surface area contributed by atoms with Crippen LogP contribution >= 0.6 is 0 Å². The van der Waals surface area contributed by atoms with E-state index in [0.29, 0.717) is 6.04 Å². The summed E-state index contributed by atoms with van der Waals surface area (Å²) >= 11 is 0. The Kier molecular flexibility index (Phi) is 3.82. The van der Waals surface area contributed by atoms with Gasteiger partial charge in [-0.3, -0.25) is 5.10 Å². The fourth-order valence-electron chi connectivity index (χ4n) is 2.04. The van der Waals surface area contributed by atoms with Crippen LogP contribution in [0.25, 0.3) is 11.3 Å². The standard InChI is InChI=1S/C15H21N3/c1-10(2)16-9-14-8-15(18-17-14)13-6-11(3)5-12(4)7-13/h5-8,10,16H,9H2,1-4H3,(H,17,18). The topological polar surface area (TPSA) is 40.7 Å². The molecule has 2 rings (SSSR count). The molecule has 1 aromatic heterocycles. The molecule has 0 atom stereocenters. The molecule has 1 heterocycles. The van der Waals surface area contributed by atoms with Crippen molar-refractivity contribution in [3.05, 3.63) is 41.1 Å². The van der Waals surface area contributed by atoms with Crippen molar-refractivity contribution in [1.82, 2.24) is 15.5 Å². The normalized spacial score (nSPS) is 11.2. The highest BCUT2D eigenvalue weighted by atomic mass is 15.1. The highest BCUT2D eigenvalue weighted by Crippen LogP contribution is 2.20. The van der Waals surface area contributed by atoms with E-state index in [9.17, 15) is 0 Å². The minimum atomic E-state index is 0.484. The van der Waals surface area contributed by atoms with Crippen LogP contribution < -0.4 is 5.32 Å². The molecule has 0 spiro atoms. The van der Waals surface area contributed by atoms with Gasteiger partial charge in [-0.05, 0) is 32.0 Å². The van der Waals surface area contributed by atoms with Crippen LogP contribution in [0.1, 0.15) is 30.7 Å². The van der Waals surface area contributed by atoms with E-state index in [1.807, 2.05) is 0 Å². The maximum atomic E-state index is 4.38. The average Bonchev–Trinajstić information content (AvgIpc) is 2.73. The van der Waals surface area contributed by atoms with Crippen molar-refractivity contribution >= 4 is 0 Å². The Hall–Kier alpha value is -1.61. The lowest BCUT2D eigenvalue weighted by molar-refractivity contribution is 0.580. The second kappa shape index (κ2) is 5.36. The quantitative estimate of drug-likeness (QED) is 0.865. The van der Waals surface area contributed by atoms with Gasteiger partial charge < -0.3 is 5.32 Å². The van der Waals surface area contributed by atoms with Crippen LogP contribution in [-0.2, 0) is 6.54 Å². The summed E-state index contributed by atoms with van der Waals surface area (Å²) in [5, 5.41) is 10.8. The first-order valence-electron chi connectivity index (χ1n) is 6.41. The second-order valence-corrected chi connectivity index (χ2v) is 5.19. The maximum absolute atomic E-state index is 4.38. The van der Waals surface area contributed by atoms with E-state index in [4.69, 9.17) is 0 Å². The Balaban J connectivity index is 2.18. The maximum Gasteiger partial charge on any atom is 0.0924 e.